The summed E-state index contributed by atoms with van der Waals surface area (Å²) < 4.78 is 51.3. The minimum Gasteiger partial charge on any atom is -0.395 e. The van der Waals surface area contributed by atoms with Gasteiger partial charge < -0.3 is 15.2 Å². The van der Waals surface area contributed by atoms with E-state index in [4.69, 9.17) is 5.73 Å². The van der Waals surface area contributed by atoms with Crippen molar-refractivity contribution < 1.29 is 22.6 Å². The van der Waals surface area contributed by atoms with Crippen LogP contribution in [0.1, 0.15) is 26.1 Å². The Balaban J connectivity index is 1.35. The van der Waals surface area contributed by atoms with Crippen LogP contribution in [0.4, 0.5) is 19.1 Å². The van der Waals surface area contributed by atoms with E-state index < -0.39 is 12.0 Å². The Morgan fingerprint density at radius 3 is 2.67 bits per heavy atom. The number of likely N-dealkylation sites (tertiary alicyclic amines) is 1. The molecule has 2 fully saturated rings. The van der Waals surface area contributed by atoms with E-state index in [1.807, 2.05) is 0 Å². The largest absolute Gasteiger partial charge is 0.586 e. The summed E-state index contributed by atoms with van der Waals surface area (Å²) in [4.78, 5) is 11.0. The van der Waals surface area contributed by atoms with Gasteiger partial charge in [0, 0.05) is 30.9 Å². The standard InChI is InChI=1S/C19H19F3N6O2/c1-17(5-11(17)27-7-18(2,20)8-27)6-12-24-15-9-3-4-10-14(30-19(21,22)29-10)13(9)25-16(23)28(15)26-12/h3-4,11H,5-8H2,1-2H3,(H2,23,25). The zero-order valence-corrected chi connectivity index (χ0v) is 16.3. The first-order valence-corrected chi connectivity index (χ1v) is 9.70. The summed E-state index contributed by atoms with van der Waals surface area (Å²) in [6, 6.07) is 3.28. The van der Waals surface area contributed by atoms with Crippen molar-refractivity contribution in [1.82, 2.24) is 24.5 Å². The molecule has 4 heterocycles. The van der Waals surface area contributed by atoms with Gasteiger partial charge in [-0.25, -0.2) is 14.4 Å². The Kier molecular flexibility index (Phi) is 3.15. The molecule has 158 valence electrons. The van der Waals surface area contributed by atoms with E-state index in [9.17, 15) is 13.2 Å². The molecule has 1 saturated heterocycles. The van der Waals surface area contributed by atoms with Crippen molar-refractivity contribution in [2.24, 2.45) is 5.41 Å². The van der Waals surface area contributed by atoms with Crippen LogP contribution in [0.3, 0.4) is 0 Å². The van der Waals surface area contributed by atoms with Crippen molar-refractivity contribution in [3.63, 3.8) is 0 Å². The van der Waals surface area contributed by atoms with E-state index in [1.54, 1.807) is 13.0 Å². The number of aromatic nitrogens is 4. The lowest BCUT2D eigenvalue weighted by Crippen LogP contribution is -2.58. The van der Waals surface area contributed by atoms with E-state index in [1.165, 1.54) is 10.6 Å². The van der Waals surface area contributed by atoms with Crippen LogP contribution in [0.2, 0.25) is 0 Å². The maximum atomic E-state index is 13.8. The lowest BCUT2D eigenvalue weighted by atomic mass is 9.96. The van der Waals surface area contributed by atoms with Gasteiger partial charge in [-0.05, 0) is 30.9 Å². The molecule has 1 saturated carbocycles. The highest BCUT2D eigenvalue weighted by Crippen LogP contribution is 2.54. The number of alkyl halides is 3. The average Bonchev–Trinajstić information content (AvgIpc) is 2.95. The zero-order valence-electron chi connectivity index (χ0n) is 16.3. The second-order valence-corrected chi connectivity index (χ2v) is 9.06. The fourth-order valence-corrected chi connectivity index (χ4v) is 4.74. The summed E-state index contributed by atoms with van der Waals surface area (Å²) in [6.45, 7) is 4.66. The Hall–Kier alpha value is -2.82. The SMILES string of the molecule is CC1(F)CN(C2CC2(C)Cc2nc3c4ccc5c(c4nc(N)n3n2)OC(F)(F)O5)C1. The van der Waals surface area contributed by atoms with Crippen LogP contribution < -0.4 is 15.2 Å². The third-order valence-electron chi connectivity index (χ3n) is 6.25. The predicted molar refractivity (Wildman–Crippen MR) is 100 cm³/mol. The van der Waals surface area contributed by atoms with Gasteiger partial charge in [-0.1, -0.05) is 6.92 Å². The zero-order chi connectivity index (χ0) is 21.1. The van der Waals surface area contributed by atoms with E-state index in [0.717, 1.165) is 6.42 Å². The third kappa shape index (κ3) is 2.54. The number of benzene rings is 1. The smallest absolute Gasteiger partial charge is 0.395 e. The molecular formula is C19H19F3N6O2. The maximum absolute atomic E-state index is 13.8. The predicted octanol–water partition coefficient (Wildman–Crippen LogP) is 2.55. The Labute approximate surface area is 168 Å². The van der Waals surface area contributed by atoms with Gasteiger partial charge in [0.2, 0.25) is 5.95 Å². The molecule has 2 unspecified atom stereocenters. The molecule has 0 amide bonds. The van der Waals surface area contributed by atoms with Gasteiger partial charge in [-0.15, -0.1) is 13.9 Å². The number of nitrogens with two attached hydrogens (primary N) is 1. The molecule has 8 nitrogen and oxygen atoms in total. The summed E-state index contributed by atoms with van der Waals surface area (Å²) in [6.07, 6.45) is -2.20. The highest BCUT2D eigenvalue weighted by molar-refractivity contribution is 5.97. The molecule has 3 aromatic rings. The first-order chi connectivity index (χ1) is 14.0. The summed E-state index contributed by atoms with van der Waals surface area (Å²) in [5.41, 5.74) is 5.44. The van der Waals surface area contributed by atoms with E-state index in [0.29, 0.717) is 42.4 Å². The summed E-state index contributed by atoms with van der Waals surface area (Å²) >= 11 is 0. The van der Waals surface area contributed by atoms with Crippen molar-refractivity contribution in [1.29, 1.82) is 0 Å². The average molecular weight is 420 g/mol. The quantitative estimate of drug-likeness (QED) is 0.696. The maximum Gasteiger partial charge on any atom is 0.586 e. The number of halogens is 3. The number of ether oxygens (including phenoxy) is 2. The molecule has 2 aliphatic heterocycles. The van der Waals surface area contributed by atoms with Crippen LogP contribution in [-0.4, -0.2) is 55.6 Å². The topological polar surface area (TPSA) is 90.8 Å². The lowest BCUT2D eigenvalue weighted by molar-refractivity contribution is -0.286. The van der Waals surface area contributed by atoms with E-state index in [2.05, 4.69) is 36.4 Å². The molecule has 2 N–H and O–H groups in total. The number of nitrogen functional groups attached to an aromatic ring is 1. The van der Waals surface area contributed by atoms with Gasteiger partial charge in [-0.2, -0.15) is 4.52 Å². The summed E-state index contributed by atoms with van der Waals surface area (Å²) in [5.74, 6) is 0.313. The molecule has 0 bridgehead atoms. The minimum absolute atomic E-state index is 0.0110. The molecule has 6 rings (SSSR count). The first-order valence-electron chi connectivity index (χ1n) is 9.70. The second kappa shape index (κ2) is 5.26. The van der Waals surface area contributed by atoms with Crippen molar-refractivity contribution in [2.45, 2.75) is 44.7 Å². The van der Waals surface area contributed by atoms with Gasteiger partial charge in [0.1, 0.15) is 11.2 Å². The third-order valence-corrected chi connectivity index (χ3v) is 6.25. The normalized spacial score (nSPS) is 28.8. The minimum atomic E-state index is -3.75. The first kappa shape index (κ1) is 18.0. The highest BCUT2D eigenvalue weighted by Gasteiger charge is 2.58. The Morgan fingerprint density at radius 2 is 1.93 bits per heavy atom. The lowest BCUT2D eigenvalue weighted by Gasteiger charge is -2.43. The molecule has 1 aromatic carbocycles. The van der Waals surface area contributed by atoms with Crippen molar-refractivity contribution in [3.8, 4) is 11.5 Å². The number of fused-ring (bicyclic) bond motifs is 5. The van der Waals surface area contributed by atoms with Crippen molar-refractivity contribution in [3.05, 3.63) is 18.0 Å². The van der Waals surface area contributed by atoms with Crippen LogP contribution in [0, 0.1) is 5.41 Å². The van der Waals surface area contributed by atoms with Crippen LogP contribution in [0.5, 0.6) is 11.5 Å². The fourth-order valence-electron chi connectivity index (χ4n) is 4.74. The molecule has 0 radical (unpaired) electrons. The Morgan fingerprint density at radius 1 is 1.17 bits per heavy atom. The monoisotopic (exact) mass is 420 g/mol. The number of rotatable bonds is 3. The van der Waals surface area contributed by atoms with Crippen LogP contribution in [0.25, 0.3) is 16.6 Å². The highest BCUT2D eigenvalue weighted by atomic mass is 19.3. The molecule has 0 spiro atoms. The second-order valence-electron chi connectivity index (χ2n) is 9.06. The van der Waals surface area contributed by atoms with Gasteiger partial charge >= 0.3 is 6.29 Å². The van der Waals surface area contributed by atoms with E-state index >= 15 is 0 Å². The number of anilines is 1. The Bertz CT molecular complexity index is 1220. The summed E-state index contributed by atoms with van der Waals surface area (Å²) in [7, 11) is 0. The van der Waals surface area contributed by atoms with Gasteiger partial charge in [-0.3, -0.25) is 4.90 Å². The molecule has 30 heavy (non-hydrogen) atoms. The molecule has 2 aromatic heterocycles. The van der Waals surface area contributed by atoms with E-state index in [-0.39, 0.29) is 28.4 Å². The van der Waals surface area contributed by atoms with Crippen LogP contribution >= 0.6 is 0 Å². The molecule has 3 aliphatic rings. The number of hydrogen-bond donors (Lipinski definition) is 1. The van der Waals surface area contributed by atoms with Crippen LogP contribution in [0.15, 0.2) is 12.1 Å². The van der Waals surface area contributed by atoms with Crippen molar-refractivity contribution in [2.75, 3.05) is 18.8 Å². The molecule has 2 atom stereocenters. The number of nitrogens with zero attached hydrogens (tertiary/aromatic N) is 5. The molecule has 11 heteroatoms. The van der Waals surface area contributed by atoms with Gasteiger partial charge in [0.05, 0.1) is 0 Å². The van der Waals surface area contributed by atoms with Gasteiger partial charge in [0.15, 0.2) is 23.0 Å². The number of hydrogen-bond acceptors (Lipinski definition) is 7. The van der Waals surface area contributed by atoms with Crippen molar-refractivity contribution >= 4 is 22.5 Å². The molecular weight excluding hydrogens is 401 g/mol. The fraction of sp³-hybridized carbons (Fsp3) is 0.526. The van der Waals surface area contributed by atoms with Gasteiger partial charge in [0.25, 0.3) is 0 Å². The molecule has 1 aliphatic carbocycles. The summed E-state index contributed by atoms with van der Waals surface area (Å²) in [5, 5.41) is 4.96. The van der Waals surface area contributed by atoms with Crippen LogP contribution in [-0.2, 0) is 6.42 Å².